The van der Waals surface area contributed by atoms with E-state index in [-0.39, 0.29) is 17.5 Å². The minimum Gasteiger partial charge on any atom is -0.505 e. The number of rotatable bonds is 4. The van der Waals surface area contributed by atoms with Gasteiger partial charge in [0.05, 0.1) is 11.9 Å². The Kier molecular flexibility index (Phi) is 4.90. The van der Waals surface area contributed by atoms with E-state index >= 15 is 0 Å². The van der Waals surface area contributed by atoms with Gasteiger partial charge in [0.15, 0.2) is 5.69 Å². The molecule has 7 nitrogen and oxygen atoms in total. The van der Waals surface area contributed by atoms with Gasteiger partial charge in [0.1, 0.15) is 11.9 Å². The fraction of sp³-hybridized carbons (Fsp3) is 0.353. The Morgan fingerprint density at radius 1 is 1.29 bits per heavy atom. The van der Waals surface area contributed by atoms with Crippen molar-refractivity contribution in [3.8, 4) is 11.6 Å². The zero-order chi connectivity index (χ0) is 16.9. The highest BCUT2D eigenvalue weighted by Gasteiger charge is 2.18. The molecule has 0 atom stereocenters. The summed E-state index contributed by atoms with van der Waals surface area (Å²) in [7, 11) is 2.10. The lowest BCUT2D eigenvalue weighted by molar-refractivity contribution is 0.101. The third-order valence-corrected chi connectivity index (χ3v) is 3.95. The highest BCUT2D eigenvalue weighted by atomic mass is 16.5. The minimum absolute atomic E-state index is 0.0239. The lowest BCUT2D eigenvalue weighted by Crippen LogP contribution is -2.35. The molecule has 7 heteroatoms. The van der Waals surface area contributed by atoms with Gasteiger partial charge in [-0.3, -0.25) is 4.79 Å². The van der Waals surface area contributed by atoms with Gasteiger partial charge >= 0.3 is 0 Å². The van der Waals surface area contributed by atoms with Crippen molar-refractivity contribution in [3.63, 3.8) is 0 Å². The van der Waals surface area contributed by atoms with Gasteiger partial charge in [-0.15, -0.1) is 0 Å². The molecule has 0 aliphatic carbocycles. The molecule has 2 N–H and O–H groups in total. The second-order valence-corrected chi connectivity index (χ2v) is 5.83. The summed E-state index contributed by atoms with van der Waals surface area (Å²) in [6, 6.07) is 6.42. The molecule has 1 amide bonds. The Hall–Kier alpha value is -2.67. The van der Waals surface area contributed by atoms with Gasteiger partial charge in [-0.25, -0.2) is 9.97 Å². The minimum atomic E-state index is -0.487. The third-order valence-electron chi connectivity index (χ3n) is 3.95. The number of hydrogen-bond donors (Lipinski definition) is 2. The molecular formula is C17H20N4O3. The Morgan fingerprint density at radius 2 is 2.08 bits per heavy atom. The van der Waals surface area contributed by atoms with Gasteiger partial charge in [0.2, 0.25) is 5.88 Å². The van der Waals surface area contributed by atoms with E-state index in [4.69, 9.17) is 4.74 Å². The van der Waals surface area contributed by atoms with Crippen LogP contribution in [-0.4, -0.2) is 52.1 Å². The largest absolute Gasteiger partial charge is 0.505 e. The topological polar surface area (TPSA) is 87.6 Å². The number of aromatic hydroxyl groups is 1. The molecule has 0 spiro atoms. The molecule has 0 bridgehead atoms. The Morgan fingerprint density at radius 3 is 2.75 bits per heavy atom. The quantitative estimate of drug-likeness (QED) is 0.891. The molecule has 2 aromatic rings. The number of likely N-dealkylation sites (tertiary alicyclic amines) is 1. The SMILES string of the molecule is CN1CCC(Oc2ccc(NC(=O)c3ncccc3O)cn2)CC1. The summed E-state index contributed by atoms with van der Waals surface area (Å²) >= 11 is 0. The van der Waals surface area contributed by atoms with E-state index in [0.29, 0.717) is 11.6 Å². The van der Waals surface area contributed by atoms with Gasteiger partial charge < -0.3 is 20.1 Å². The molecule has 2 aromatic heterocycles. The molecule has 126 valence electrons. The molecule has 1 saturated heterocycles. The number of pyridine rings is 2. The fourth-order valence-corrected chi connectivity index (χ4v) is 2.56. The van der Waals surface area contributed by atoms with Crippen molar-refractivity contribution in [2.45, 2.75) is 18.9 Å². The van der Waals surface area contributed by atoms with Crippen molar-refractivity contribution >= 4 is 11.6 Å². The zero-order valence-corrected chi connectivity index (χ0v) is 13.5. The van der Waals surface area contributed by atoms with Crippen LogP contribution in [0.15, 0.2) is 36.7 Å². The summed E-state index contributed by atoms with van der Waals surface area (Å²) in [6.45, 7) is 2.04. The molecule has 1 aliphatic heterocycles. The van der Waals surface area contributed by atoms with Crippen molar-refractivity contribution < 1.29 is 14.6 Å². The summed E-state index contributed by atoms with van der Waals surface area (Å²) in [5.74, 6) is -0.104. The third kappa shape index (κ3) is 3.99. The second kappa shape index (κ2) is 7.27. The number of anilines is 1. The molecule has 0 radical (unpaired) electrons. The van der Waals surface area contributed by atoms with E-state index in [1.165, 1.54) is 18.5 Å². The van der Waals surface area contributed by atoms with Crippen LogP contribution in [0.2, 0.25) is 0 Å². The van der Waals surface area contributed by atoms with Gasteiger partial charge in [-0.05, 0) is 38.1 Å². The molecule has 0 aromatic carbocycles. The number of ether oxygens (including phenoxy) is 1. The maximum absolute atomic E-state index is 12.1. The van der Waals surface area contributed by atoms with Crippen molar-refractivity contribution in [2.75, 3.05) is 25.5 Å². The summed E-state index contributed by atoms with van der Waals surface area (Å²) in [4.78, 5) is 22.4. The molecule has 1 fully saturated rings. The smallest absolute Gasteiger partial charge is 0.278 e. The summed E-state index contributed by atoms with van der Waals surface area (Å²) in [5.41, 5.74) is 0.491. The van der Waals surface area contributed by atoms with Gasteiger partial charge in [-0.1, -0.05) is 0 Å². The normalized spacial score (nSPS) is 15.9. The zero-order valence-electron chi connectivity index (χ0n) is 13.5. The maximum Gasteiger partial charge on any atom is 0.278 e. The molecular weight excluding hydrogens is 308 g/mol. The van der Waals surface area contributed by atoms with E-state index in [0.717, 1.165) is 25.9 Å². The van der Waals surface area contributed by atoms with Crippen LogP contribution in [0.3, 0.4) is 0 Å². The van der Waals surface area contributed by atoms with Crippen LogP contribution in [0.25, 0.3) is 0 Å². The molecule has 1 aliphatic rings. The first-order chi connectivity index (χ1) is 11.6. The Labute approximate surface area is 140 Å². The van der Waals surface area contributed by atoms with E-state index in [1.54, 1.807) is 18.2 Å². The number of nitrogens with zero attached hydrogens (tertiary/aromatic N) is 3. The van der Waals surface area contributed by atoms with Crippen molar-refractivity contribution in [1.29, 1.82) is 0 Å². The Bertz CT molecular complexity index is 697. The molecule has 3 rings (SSSR count). The predicted molar refractivity (Wildman–Crippen MR) is 89.2 cm³/mol. The highest BCUT2D eigenvalue weighted by molar-refractivity contribution is 6.04. The van der Waals surface area contributed by atoms with Gasteiger partial charge in [-0.2, -0.15) is 0 Å². The average Bonchev–Trinajstić information content (AvgIpc) is 2.59. The first-order valence-corrected chi connectivity index (χ1v) is 7.88. The number of carbonyl (C=O) groups excluding carboxylic acids is 1. The van der Waals surface area contributed by atoms with Gasteiger partial charge in [0, 0.05) is 25.4 Å². The monoisotopic (exact) mass is 328 g/mol. The van der Waals surface area contributed by atoms with Crippen LogP contribution in [0.1, 0.15) is 23.3 Å². The van der Waals surface area contributed by atoms with Crippen LogP contribution in [0.4, 0.5) is 5.69 Å². The molecule has 0 saturated carbocycles. The van der Waals surface area contributed by atoms with E-state index in [1.807, 2.05) is 0 Å². The maximum atomic E-state index is 12.1. The molecule has 24 heavy (non-hydrogen) atoms. The number of amides is 1. The number of carbonyl (C=O) groups is 1. The van der Waals surface area contributed by atoms with Gasteiger partial charge in [0.25, 0.3) is 5.91 Å². The number of piperidine rings is 1. The van der Waals surface area contributed by atoms with E-state index in [9.17, 15) is 9.90 Å². The number of nitrogens with one attached hydrogen (secondary N) is 1. The van der Waals surface area contributed by atoms with E-state index < -0.39 is 5.91 Å². The Balaban J connectivity index is 1.58. The lowest BCUT2D eigenvalue weighted by Gasteiger charge is -2.28. The standard InChI is InChI=1S/C17H20N4O3/c1-21-9-6-13(7-10-21)24-15-5-4-12(11-19-15)20-17(23)16-14(22)3-2-8-18-16/h2-5,8,11,13,22H,6-7,9-10H2,1H3,(H,20,23). The lowest BCUT2D eigenvalue weighted by atomic mass is 10.1. The average molecular weight is 328 g/mol. The number of hydrogen-bond acceptors (Lipinski definition) is 6. The predicted octanol–water partition coefficient (Wildman–Crippen LogP) is 1.91. The van der Waals surface area contributed by atoms with Crippen LogP contribution in [-0.2, 0) is 0 Å². The summed E-state index contributed by atoms with van der Waals surface area (Å²) in [5, 5.41) is 12.3. The van der Waals surface area contributed by atoms with Crippen LogP contribution in [0, 0.1) is 0 Å². The summed E-state index contributed by atoms with van der Waals surface area (Å²) < 4.78 is 5.86. The fourth-order valence-electron chi connectivity index (χ4n) is 2.56. The highest BCUT2D eigenvalue weighted by Crippen LogP contribution is 2.19. The number of aromatic nitrogens is 2. The molecule has 3 heterocycles. The first kappa shape index (κ1) is 16.2. The molecule has 0 unspecified atom stereocenters. The van der Waals surface area contributed by atoms with E-state index in [2.05, 4.69) is 27.2 Å². The van der Waals surface area contributed by atoms with Crippen molar-refractivity contribution in [2.24, 2.45) is 0 Å². The van der Waals surface area contributed by atoms with Crippen molar-refractivity contribution in [3.05, 3.63) is 42.4 Å². The van der Waals surface area contributed by atoms with Crippen LogP contribution < -0.4 is 10.1 Å². The van der Waals surface area contributed by atoms with Crippen molar-refractivity contribution in [1.82, 2.24) is 14.9 Å². The van der Waals surface area contributed by atoms with Crippen LogP contribution in [0.5, 0.6) is 11.6 Å². The second-order valence-electron chi connectivity index (χ2n) is 5.83. The van der Waals surface area contributed by atoms with Crippen LogP contribution >= 0.6 is 0 Å². The summed E-state index contributed by atoms with van der Waals surface area (Å²) in [6.07, 6.45) is 5.12. The first-order valence-electron chi connectivity index (χ1n) is 7.88.